The number of hydrogen-bond acceptors (Lipinski definition) is 1. The van der Waals surface area contributed by atoms with E-state index in [1.165, 1.54) is 89.0 Å². The molecule has 12 rings (SSSR count). The molecule has 1 aliphatic heterocycles. The molecule has 3 aliphatic carbocycles. The van der Waals surface area contributed by atoms with Gasteiger partial charge < -0.3 is 4.74 Å². The van der Waals surface area contributed by atoms with E-state index in [9.17, 15) is 0 Å². The van der Waals surface area contributed by atoms with E-state index in [1.807, 2.05) is 0 Å². The maximum Gasteiger partial charge on any atom is 0.132 e. The molecule has 0 radical (unpaired) electrons. The van der Waals surface area contributed by atoms with Gasteiger partial charge in [-0.25, -0.2) is 0 Å². The fraction of sp³-hybridized carbons (Fsp3) is 0.0400. The van der Waals surface area contributed by atoms with Crippen molar-refractivity contribution in [1.29, 1.82) is 0 Å². The van der Waals surface area contributed by atoms with Gasteiger partial charge in [0.15, 0.2) is 0 Å². The number of para-hydroxylation sites is 1. The summed E-state index contributed by atoms with van der Waals surface area (Å²) in [6.07, 6.45) is 0. The molecule has 0 saturated carbocycles. The van der Waals surface area contributed by atoms with Gasteiger partial charge in [0.25, 0.3) is 0 Å². The molecule has 0 atom stereocenters. The largest absolute Gasteiger partial charge is 0.457 e. The van der Waals surface area contributed by atoms with Crippen LogP contribution in [0.5, 0.6) is 11.5 Å². The van der Waals surface area contributed by atoms with Gasteiger partial charge in [-0.2, -0.15) is 0 Å². The first-order valence-corrected chi connectivity index (χ1v) is 17.8. The number of ether oxygens (including phenoxy) is 1. The van der Waals surface area contributed by atoms with Gasteiger partial charge in [0.2, 0.25) is 0 Å². The summed E-state index contributed by atoms with van der Waals surface area (Å²) in [6.45, 7) is 0. The summed E-state index contributed by atoms with van der Waals surface area (Å²) >= 11 is 0. The van der Waals surface area contributed by atoms with E-state index in [1.54, 1.807) is 0 Å². The molecule has 0 fully saturated rings. The van der Waals surface area contributed by atoms with Gasteiger partial charge in [0.1, 0.15) is 11.5 Å². The van der Waals surface area contributed by atoms with E-state index in [0.717, 1.165) is 11.5 Å². The summed E-state index contributed by atoms with van der Waals surface area (Å²) in [6, 6.07) is 67.6. The van der Waals surface area contributed by atoms with Crippen molar-refractivity contribution in [2.45, 2.75) is 10.8 Å². The second-order valence-electron chi connectivity index (χ2n) is 14.3. The summed E-state index contributed by atoms with van der Waals surface area (Å²) < 4.78 is 6.76. The average Bonchev–Trinajstić information content (AvgIpc) is 3.78. The fourth-order valence-electron chi connectivity index (χ4n) is 10.3. The Morgan fingerprint density at radius 1 is 0.255 bits per heavy atom. The van der Waals surface area contributed by atoms with Crippen molar-refractivity contribution >= 4 is 0 Å². The van der Waals surface area contributed by atoms with Crippen LogP contribution in [0.1, 0.15) is 44.5 Å². The third kappa shape index (κ3) is 3.19. The molecule has 8 aromatic rings. The summed E-state index contributed by atoms with van der Waals surface area (Å²) in [4.78, 5) is 0. The first kappa shape index (κ1) is 27.4. The second kappa shape index (κ2) is 9.62. The minimum atomic E-state index is -0.495. The van der Waals surface area contributed by atoms with Gasteiger partial charge in [-0.3, -0.25) is 0 Å². The normalized spacial score (nSPS) is 15.1. The highest BCUT2D eigenvalue weighted by Crippen LogP contribution is 2.64. The lowest BCUT2D eigenvalue weighted by Crippen LogP contribution is -2.32. The van der Waals surface area contributed by atoms with Crippen LogP contribution in [-0.4, -0.2) is 0 Å². The Hall–Kier alpha value is -6.44. The molecule has 4 aliphatic rings. The number of rotatable bonds is 1. The van der Waals surface area contributed by atoms with Crippen LogP contribution in [-0.2, 0) is 10.8 Å². The van der Waals surface area contributed by atoms with Crippen LogP contribution in [0, 0.1) is 0 Å². The fourth-order valence-corrected chi connectivity index (χ4v) is 10.3. The Labute approximate surface area is 297 Å². The quantitative estimate of drug-likeness (QED) is 0.172. The van der Waals surface area contributed by atoms with Crippen LogP contribution >= 0.6 is 0 Å². The molecule has 2 spiro atoms. The molecule has 0 unspecified atom stereocenters. The molecule has 0 bridgehead atoms. The van der Waals surface area contributed by atoms with Crippen LogP contribution in [0.25, 0.3) is 44.5 Å². The lowest BCUT2D eigenvalue weighted by Gasteiger charge is -2.39. The summed E-state index contributed by atoms with van der Waals surface area (Å²) in [7, 11) is 0. The van der Waals surface area contributed by atoms with Crippen LogP contribution in [0.15, 0.2) is 182 Å². The number of fused-ring (bicyclic) bond motifs is 19. The molecule has 1 nitrogen and oxygen atoms in total. The Bertz CT molecular complexity index is 2690. The Morgan fingerprint density at radius 2 is 0.588 bits per heavy atom. The van der Waals surface area contributed by atoms with Gasteiger partial charge in [0.05, 0.1) is 10.8 Å². The van der Waals surface area contributed by atoms with Crippen molar-refractivity contribution in [3.63, 3.8) is 0 Å². The van der Waals surface area contributed by atoms with Crippen molar-refractivity contribution in [3.8, 4) is 56.0 Å². The first-order valence-electron chi connectivity index (χ1n) is 17.8. The molecule has 0 amide bonds. The zero-order chi connectivity index (χ0) is 33.3. The van der Waals surface area contributed by atoms with E-state index in [4.69, 9.17) is 4.74 Å². The minimum absolute atomic E-state index is 0.379. The predicted octanol–water partition coefficient (Wildman–Crippen LogP) is 12.2. The zero-order valence-electron chi connectivity index (χ0n) is 27.7. The van der Waals surface area contributed by atoms with Gasteiger partial charge in [-0.1, -0.05) is 158 Å². The van der Waals surface area contributed by atoms with Gasteiger partial charge in [-0.15, -0.1) is 0 Å². The smallest absolute Gasteiger partial charge is 0.132 e. The van der Waals surface area contributed by atoms with Gasteiger partial charge >= 0.3 is 0 Å². The molecule has 0 N–H and O–H groups in total. The van der Waals surface area contributed by atoms with E-state index >= 15 is 0 Å². The van der Waals surface area contributed by atoms with Crippen molar-refractivity contribution in [1.82, 2.24) is 0 Å². The molecule has 51 heavy (non-hydrogen) atoms. The Balaban J connectivity index is 1.13. The van der Waals surface area contributed by atoms with Crippen LogP contribution in [0.3, 0.4) is 0 Å². The standard InChI is InChI=1S/C50H30O/c1-6-18-39-33(13-1)34-14-2-7-19-40(34)49(39)41-20-8-5-17-37(41)38-27-25-31(29-45(38)49)32-26-28-48-46(30-32)50(44-23-11-12-24-47(44)51-48)42-21-9-3-15-35(42)36-16-4-10-22-43(36)50/h1-30H. The Morgan fingerprint density at radius 3 is 1.08 bits per heavy atom. The lowest BCUT2D eigenvalue weighted by molar-refractivity contribution is 0.436. The van der Waals surface area contributed by atoms with Crippen LogP contribution in [0.4, 0.5) is 0 Å². The zero-order valence-corrected chi connectivity index (χ0v) is 27.7. The summed E-state index contributed by atoms with van der Waals surface area (Å²) in [5.41, 5.74) is 19.8. The van der Waals surface area contributed by atoms with E-state index in [2.05, 4.69) is 182 Å². The highest BCUT2D eigenvalue weighted by molar-refractivity contribution is 5.96. The SMILES string of the molecule is c1ccc2c(c1)Oc1ccc(-c3ccc4c(c3)C3(c5ccccc5-c5ccccc53)c3ccccc3-4)cc1C21c2ccccc2-c2ccccc21. The highest BCUT2D eigenvalue weighted by Gasteiger charge is 2.53. The topological polar surface area (TPSA) is 9.23 Å². The summed E-state index contributed by atoms with van der Waals surface area (Å²) in [5, 5.41) is 0. The van der Waals surface area contributed by atoms with Crippen molar-refractivity contribution < 1.29 is 4.74 Å². The predicted molar refractivity (Wildman–Crippen MR) is 206 cm³/mol. The van der Waals surface area contributed by atoms with Crippen LogP contribution in [0.2, 0.25) is 0 Å². The highest BCUT2D eigenvalue weighted by atomic mass is 16.5. The van der Waals surface area contributed by atoms with E-state index < -0.39 is 5.41 Å². The van der Waals surface area contributed by atoms with Crippen molar-refractivity contribution in [2.24, 2.45) is 0 Å². The Kier molecular flexibility index (Phi) is 5.17. The maximum absolute atomic E-state index is 6.76. The average molecular weight is 647 g/mol. The first-order chi connectivity index (χ1) is 25.3. The van der Waals surface area contributed by atoms with Crippen molar-refractivity contribution in [3.05, 3.63) is 226 Å². The summed E-state index contributed by atoms with van der Waals surface area (Å²) in [5.74, 6) is 1.83. The lowest BCUT2D eigenvalue weighted by atomic mass is 9.65. The molecule has 1 heterocycles. The number of benzene rings is 8. The third-order valence-electron chi connectivity index (χ3n) is 12.2. The molecule has 236 valence electrons. The molecular formula is C50H30O. The maximum atomic E-state index is 6.76. The molecule has 8 aromatic carbocycles. The van der Waals surface area contributed by atoms with E-state index in [0.29, 0.717) is 0 Å². The van der Waals surface area contributed by atoms with Gasteiger partial charge in [-0.05, 0) is 102 Å². The minimum Gasteiger partial charge on any atom is -0.457 e. The monoisotopic (exact) mass is 646 g/mol. The molecule has 0 saturated heterocycles. The van der Waals surface area contributed by atoms with Gasteiger partial charge in [0, 0.05) is 11.1 Å². The van der Waals surface area contributed by atoms with E-state index in [-0.39, 0.29) is 5.41 Å². The third-order valence-corrected chi connectivity index (χ3v) is 12.2. The van der Waals surface area contributed by atoms with Crippen LogP contribution < -0.4 is 4.74 Å². The second-order valence-corrected chi connectivity index (χ2v) is 14.3. The molecular weight excluding hydrogens is 617 g/mol. The molecule has 1 heteroatoms. The number of hydrogen-bond donors (Lipinski definition) is 0. The molecule has 0 aromatic heterocycles. The van der Waals surface area contributed by atoms with Crippen molar-refractivity contribution in [2.75, 3.05) is 0 Å².